The highest BCUT2D eigenvalue weighted by molar-refractivity contribution is 5.82. The monoisotopic (exact) mass is 309 g/mol. The molecule has 1 aromatic heterocycles. The summed E-state index contributed by atoms with van der Waals surface area (Å²) in [6.45, 7) is 0.270. The van der Waals surface area contributed by atoms with Crippen molar-refractivity contribution in [3.05, 3.63) is 22.5 Å². The van der Waals surface area contributed by atoms with E-state index in [1.54, 1.807) is 17.0 Å². The van der Waals surface area contributed by atoms with E-state index in [4.69, 9.17) is 19.7 Å². The summed E-state index contributed by atoms with van der Waals surface area (Å²) in [5.41, 5.74) is 0.110. The zero-order chi connectivity index (χ0) is 16.1. The zero-order valence-electron chi connectivity index (χ0n) is 12.5. The molecular weight excluding hydrogens is 290 g/mol. The normalized spacial score (nSPS) is 10.7. The molecule has 1 aromatic carbocycles. The van der Waals surface area contributed by atoms with Crippen LogP contribution in [0.1, 0.15) is 0 Å². The molecule has 3 N–H and O–H groups in total. The zero-order valence-corrected chi connectivity index (χ0v) is 12.5. The predicted molar refractivity (Wildman–Crippen MR) is 81.9 cm³/mol. The van der Waals surface area contributed by atoms with Gasteiger partial charge >= 0.3 is 0 Å². The maximum Gasteiger partial charge on any atom is 0.260 e. The topological polar surface area (TPSA) is 108 Å². The van der Waals surface area contributed by atoms with Crippen molar-refractivity contribution in [2.45, 2.75) is 0 Å². The first-order valence-electron chi connectivity index (χ1n) is 6.77. The molecule has 0 bridgehead atoms. The van der Waals surface area contributed by atoms with E-state index in [0.717, 1.165) is 0 Å². The van der Waals surface area contributed by atoms with Gasteiger partial charge in [0.1, 0.15) is 0 Å². The van der Waals surface area contributed by atoms with Crippen LogP contribution in [0.4, 0.5) is 5.95 Å². The van der Waals surface area contributed by atoms with Crippen LogP contribution in [0.2, 0.25) is 0 Å². The molecule has 0 fully saturated rings. The minimum atomic E-state index is -0.332. The molecule has 120 valence electrons. The van der Waals surface area contributed by atoms with Gasteiger partial charge in [0.05, 0.1) is 38.3 Å². The minimum Gasteiger partial charge on any atom is -0.493 e. The van der Waals surface area contributed by atoms with Crippen molar-refractivity contribution in [2.24, 2.45) is 0 Å². The fraction of sp³-hybridized carbons (Fsp3) is 0.429. The van der Waals surface area contributed by atoms with Crippen LogP contribution < -0.4 is 19.9 Å². The van der Waals surface area contributed by atoms with Gasteiger partial charge in [-0.3, -0.25) is 9.78 Å². The average Bonchev–Trinajstić information content (AvgIpc) is 2.53. The molecule has 0 saturated carbocycles. The van der Waals surface area contributed by atoms with Gasteiger partial charge in [-0.15, -0.1) is 0 Å². The molecular formula is C14H19N3O5. The molecule has 0 amide bonds. The lowest BCUT2D eigenvalue weighted by atomic mass is 10.2. The van der Waals surface area contributed by atoms with Gasteiger partial charge in [-0.1, -0.05) is 0 Å². The SMILES string of the molecule is COc1cc2nc(N(CCO)CCO)[nH]c(=O)c2cc1OC. The van der Waals surface area contributed by atoms with Gasteiger partial charge in [-0.05, 0) is 6.07 Å². The lowest BCUT2D eigenvalue weighted by Crippen LogP contribution is -2.32. The number of nitrogens with zero attached hydrogens (tertiary/aromatic N) is 2. The van der Waals surface area contributed by atoms with Gasteiger partial charge < -0.3 is 24.6 Å². The molecule has 0 aliphatic carbocycles. The largest absolute Gasteiger partial charge is 0.493 e. The van der Waals surface area contributed by atoms with Gasteiger partial charge in [0.15, 0.2) is 11.5 Å². The van der Waals surface area contributed by atoms with Gasteiger partial charge in [-0.25, -0.2) is 4.98 Å². The number of aliphatic hydroxyl groups excluding tert-OH is 2. The Bertz CT molecular complexity index is 695. The summed E-state index contributed by atoms with van der Waals surface area (Å²) in [6.07, 6.45) is 0. The maximum atomic E-state index is 12.2. The Balaban J connectivity index is 2.58. The molecule has 0 saturated heterocycles. The van der Waals surface area contributed by atoms with Crippen molar-refractivity contribution < 1.29 is 19.7 Å². The van der Waals surface area contributed by atoms with Gasteiger partial charge in [0, 0.05) is 19.2 Å². The smallest absolute Gasteiger partial charge is 0.260 e. The summed E-state index contributed by atoms with van der Waals surface area (Å²) in [5.74, 6) is 1.19. The molecule has 2 rings (SSSR count). The average molecular weight is 309 g/mol. The van der Waals surface area contributed by atoms with E-state index in [-0.39, 0.29) is 37.8 Å². The van der Waals surface area contributed by atoms with E-state index in [9.17, 15) is 4.79 Å². The number of anilines is 1. The third-order valence-electron chi connectivity index (χ3n) is 3.24. The molecule has 8 heteroatoms. The van der Waals surface area contributed by atoms with E-state index >= 15 is 0 Å². The standard InChI is InChI=1S/C14H19N3O5/c1-21-11-7-9-10(8-12(11)22-2)15-14(16-13(9)20)17(3-5-18)4-6-19/h7-8,18-19H,3-6H2,1-2H3,(H,15,16,20). The molecule has 0 unspecified atom stereocenters. The summed E-state index contributed by atoms with van der Waals surface area (Å²) < 4.78 is 10.4. The number of hydrogen-bond acceptors (Lipinski definition) is 7. The molecule has 0 aliphatic rings. The van der Waals surface area contributed by atoms with Crippen LogP contribution in [0.15, 0.2) is 16.9 Å². The first-order valence-corrected chi connectivity index (χ1v) is 6.77. The number of aliphatic hydroxyl groups is 2. The highest BCUT2D eigenvalue weighted by Crippen LogP contribution is 2.30. The van der Waals surface area contributed by atoms with Crippen LogP contribution in [0, 0.1) is 0 Å². The van der Waals surface area contributed by atoms with Crippen LogP contribution in [-0.2, 0) is 0 Å². The fourth-order valence-electron chi connectivity index (χ4n) is 2.17. The first kappa shape index (κ1) is 16.1. The van der Waals surface area contributed by atoms with Crippen LogP contribution in [0.25, 0.3) is 10.9 Å². The summed E-state index contributed by atoms with van der Waals surface area (Å²) in [6, 6.07) is 3.18. The van der Waals surface area contributed by atoms with Gasteiger partial charge in [-0.2, -0.15) is 0 Å². The lowest BCUT2D eigenvalue weighted by Gasteiger charge is -2.21. The van der Waals surface area contributed by atoms with Gasteiger partial charge in [0.2, 0.25) is 5.95 Å². The molecule has 0 atom stereocenters. The number of nitrogens with one attached hydrogen (secondary N) is 1. The Hall–Kier alpha value is -2.32. The number of rotatable bonds is 7. The van der Waals surface area contributed by atoms with E-state index in [1.807, 2.05) is 0 Å². The fourth-order valence-corrected chi connectivity index (χ4v) is 2.17. The lowest BCUT2D eigenvalue weighted by molar-refractivity contribution is 0.280. The number of aromatic nitrogens is 2. The minimum absolute atomic E-state index is 0.117. The van der Waals surface area contributed by atoms with E-state index < -0.39 is 0 Å². The Labute approximate surface area is 126 Å². The van der Waals surface area contributed by atoms with Crippen molar-refractivity contribution >= 4 is 16.9 Å². The summed E-state index contributed by atoms with van der Waals surface area (Å²) in [5, 5.41) is 18.5. The highest BCUT2D eigenvalue weighted by Gasteiger charge is 2.14. The number of H-pyrrole nitrogens is 1. The van der Waals surface area contributed by atoms with Crippen molar-refractivity contribution in [2.75, 3.05) is 45.4 Å². The van der Waals surface area contributed by atoms with E-state index in [2.05, 4.69) is 9.97 Å². The van der Waals surface area contributed by atoms with Crippen LogP contribution in [-0.4, -0.2) is 60.7 Å². The van der Waals surface area contributed by atoms with Crippen molar-refractivity contribution in [1.82, 2.24) is 9.97 Å². The first-order chi connectivity index (χ1) is 10.6. The highest BCUT2D eigenvalue weighted by atomic mass is 16.5. The Morgan fingerprint density at radius 3 is 2.27 bits per heavy atom. The maximum absolute atomic E-state index is 12.2. The number of fused-ring (bicyclic) bond motifs is 1. The van der Waals surface area contributed by atoms with Crippen molar-refractivity contribution in [3.63, 3.8) is 0 Å². The number of ether oxygens (including phenoxy) is 2. The van der Waals surface area contributed by atoms with Crippen LogP contribution in [0.3, 0.4) is 0 Å². The molecule has 8 nitrogen and oxygen atoms in total. The molecule has 0 radical (unpaired) electrons. The second kappa shape index (κ2) is 7.10. The third kappa shape index (κ3) is 3.12. The second-order valence-corrected chi connectivity index (χ2v) is 4.55. The van der Waals surface area contributed by atoms with Crippen molar-refractivity contribution in [3.8, 4) is 11.5 Å². The van der Waals surface area contributed by atoms with Crippen molar-refractivity contribution in [1.29, 1.82) is 0 Å². The quantitative estimate of drug-likeness (QED) is 0.646. The number of benzene rings is 1. The Morgan fingerprint density at radius 2 is 1.73 bits per heavy atom. The summed E-state index contributed by atoms with van der Waals surface area (Å²) >= 11 is 0. The molecule has 1 heterocycles. The van der Waals surface area contributed by atoms with E-state index in [1.165, 1.54) is 14.2 Å². The van der Waals surface area contributed by atoms with Crippen LogP contribution in [0.5, 0.6) is 11.5 Å². The molecule has 0 spiro atoms. The summed E-state index contributed by atoms with van der Waals surface area (Å²) in [7, 11) is 2.99. The number of aromatic amines is 1. The summed E-state index contributed by atoms with van der Waals surface area (Å²) in [4.78, 5) is 20.9. The number of hydrogen-bond donors (Lipinski definition) is 3. The Morgan fingerprint density at radius 1 is 1.14 bits per heavy atom. The third-order valence-corrected chi connectivity index (χ3v) is 3.24. The predicted octanol–water partition coefficient (Wildman–Crippen LogP) is -0.269. The van der Waals surface area contributed by atoms with E-state index in [0.29, 0.717) is 22.4 Å². The molecule has 22 heavy (non-hydrogen) atoms. The van der Waals surface area contributed by atoms with Crippen LogP contribution >= 0.6 is 0 Å². The van der Waals surface area contributed by atoms with Gasteiger partial charge in [0.25, 0.3) is 5.56 Å². The molecule has 2 aromatic rings. The molecule has 0 aliphatic heterocycles. The Kier molecular flexibility index (Phi) is 5.18. The second-order valence-electron chi connectivity index (χ2n) is 4.55. The number of methoxy groups -OCH3 is 2.